The van der Waals surface area contributed by atoms with Crippen LogP contribution in [0, 0.1) is 0 Å². The molecule has 0 bridgehead atoms. The molecule has 0 saturated heterocycles. The van der Waals surface area contributed by atoms with Crippen molar-refractivity contribution in [2.75, 3.05) is 0 Å². The average molecular weight is 210 g/mol. The van der Waals surface area contributed by atoms with Crippen molar-refractivity contribution in [2.45, 2.75) is 6.42 Å². The Morgan fingerprint density at radius 3 is 3.14 bits per heavy atom. The van der Waals surface area contributed by atoms with Gasteiger partial charge in [0.1, 0.15) is 5.51 Å². The van der Waals surface area contributed by atoms with Crippen molar-refractivity contribution in [3.8, 4) is 5.13 Å². The molecule has 72 valence electrons. The first-order valence-corrected chi connectivity index (χ1v) is 4.65. The third kappa shape index (κ3) is 1.77. The Bertz CT molecular complexity index is 436. The summed E-state index contributed by atoms with van der Waals surface area (Å²) in [6.07, 6.45) is 3.11. The molecule has 0 saturated carbocycles. The molecular formula is C7H6N4O2S. The van der Waals surface area contributed by atoms with Gasteiger partial charge in [0.15, 0.2) is 0 Å². The second-order valence-electron chi connectivity index (χ2n) is 2.58. The van der Waals surface area contributed by atoms with Crippen LogP contribution in [0.5, 0.6) is 0 Å². The van der Waals surface area contributed by atoms with Crippen LogP contribution in [0.15, 0.2) is 17.9 Å². The lowest BCUT2D eigenvalue weighted by atomic mass is 10.3. The highest BCUT2D eigenvalue weighted by molar-refractivity contribution is 7.11. The number of aromatic nitrogens is 4. The summed E-state index contributed by atoms with van der Waals surface area (Å²) < 4.78 is 1.51. The van der Waals surface area contributed by atoms with Crippen LogP contribution < -0.4 is 0 Å². The van der Waals surface area contributed by atoms with Gasteiger partial charge >= 0.3 is 5.97 Å². The molecule has 1 N–H and O–H groups in total. The Hall–Kier alpha value is -1.76. The number of nitrogens with zero attached hydrogens (tertiary/aromatic N) is 4. The number of hydrogen-bond acceptors (Lipinski definition) is 5. The van der Waals surface area contributed by atoms with Crippen molar-refractivity contribution in [3.63, 3.8) is 0 Å². The van der Waals surface area contributed by atoms with Crippen LogP contribution in [0.3, 0.4) is 0 Å². The predicted molar refractivity (Wildman–Crippen MR) is 48.4 cm³/mol. The molecule has 0 aliphatic rings. The molecule has 0 unspecified atom stereocenters. The van der Waals surface area contributed by atoms with E-state index in [2.05, 4.69) is 15.3 Å². The van der Waals surface area contributed by atoms with Gasteiger partial charge in [-0.25, -0.2) is 4.68 Å². The van der Waals surface area contributed by atoms with Gasteiger partial charge in [-0.3, -0.25) is 4.79 Å². The lowest BCUT2D eigenvalue weighted by molar-refractivity contribution is -0.136. The van der Waals surface area contributed by atoms with E-state index in [9.17, 15) is 4.79 Å². The first-order valence-electron chi connectivity index (χ1n) is 3.77. The number of carboxylic acids is 1. The molecule has 0 spiro atoms. The Labute approximate surface area is 82.8 Å². The van der Waals surface area contributed by atoms with Gasteiger partial charge in [0.2, 0.25) is 5.13 Å². The second kappa shape index (κ2) is 3.54. The van der Waals surface area contributed by atoms with Crippen LogP contribution in [-0.2, 0) is 11.2 Å². The van der Waals surface area contributed by atoms with Crippen molar-refractivity contribution < 1.29 is 9.90 Å². The molecule has 2 heterocycles. The maximum atomic E-state index is 10.4. The van der Waals surface area contributed by atoms with E-state index in [1.165, 1.54) is 22.2 Å². The topological polar surface area (TPSA) is 80.9 Å². The van der Waals surface area contributed by atoms with Gasteiger partial charge in [-0.05, 0) is 0 Å². The van der Waals surface area contributed by atoms with E-state index in [1.807, 2.05) is 0 Å². The summed E-state index contributed by atoms with van der Waals surface area (Å²) in [6, 6.07) is 0. The molecule has 14 heavy (non-hydrogen) atoms. The molecule has 2 rings (SSSR count). The normalized spacial score (nSPS) is 10.3. The molecule has 0 fully saturated rings. The van der Waals surface area contributed by atoms with E-state index >= 15 is 0 Å². The quantitative estimate of drug-likeness (QED) is 0.790. The Kier molecular flexibility index (Phi) is 2.23. The molecule has 0 radical (unpaired) electrons. The largest absolute Gasteiger partial charge is 0.481 e. The summed E-state index contributed by atoms with van der Waals surface area (Å²) in [4.78, 5) is 10.4. The minimum atomic E-state index is -0.873. The first-order chi connectivity index (χ1) is 6.75. The van der Waals surface area contributed by atoms with E-state index in [0.29, 0.717) is 10.7 Å². The number of carboxylic acid groups (broad SMARTS) is 1. The molecule has 6 nitrogen and oxygen atoms in total. The van der Waals surface area contributed by atoms with E-state index in [4.69, 9.17) is 5.11 Å². The molecule has 2 aromatic rings. The van der Waals surface area contributed by atoms with Gasteiger partial charge in [-0.15, -0.1) is 10.2 Å². The lowest BCUT2D eigenvalue weighted by Crippen LogP contribution is -1.98. The number of hydrogen-bond donors (Lipinski definition) is 1. The Morgan fingerprint density at radius 1 is 1.64 bits per heavy atom. The molecule has 0 aliphatic heterocycles. The predicted octanol–water partition coefficient (Wildman–Crippen LogP) is 0.351. The van der Waals surface area contributed by atoms with Crippen LogP contribution >= 0.6 is 11.3 Å². The number of carbonyl (C=O) groups is 1. The zero-order valence-corrected chi connectivity index (χ0v) is 7.81. The van der Waals surface area contributed by atoms with Gasteiger partial charge in [0, 0.05) is 11.8 Å². The SMILES string of the molecule is O=C(O)Cc1cnn(-c2nncs2)c1. The molecule has 7 heteroatoms. The van der Waals surface area contributed by atoms with Crippen molar-refractivity contribution in [1.82, 2.24) is 20.0 Å². The fraction of sp³-hybridized carbons (Fsp3) is 0.143. The highest BCUT2D eigenvalue weighted by Crippen LogP contribution is 2.09. The van der Waals surface area contributed by atoms with Crippen LogP contribution in [0.1, 0.15) is 5.56 Å². The maximum Gasteiger partial charge on any atom is 0.307 e. The highest BCUT2D eigenvalue weighted by Gasteiger charge is 2.06. The van der Waals surface area contributed by atoms with Crippen LogP contribution in [0.4, 0.5) is 0 Å². The second-order valence-corrected chi connectivity index (χ2v) is 3.40. The zero-order valence-electron chi connectivity index (χ0n) is 6.99. The molecular weight excluding hydrogens is 204 g/mol. The van der Waals surface area contributed by atoms with Crippen molar-refractivity contribution in [2.24, 2.45) is 0 Å². The minimum Gasteiger partial charge on any atom is -0.481 e. The fourth-order valence-corrected chi connectivity index (χ4v) is 1.49. The Balaban J connectivity index is 2.22. The van der Waals surface area contributed by atoms with Crippen molar-refractivity contribution in [1.29, 1.82) is 0 Å². The van der Waals surface area contributed by atoms with Crippen molar-refractivity contribution in [3.05, 3.63) is 23.5 Å². The third-order valence-corrected chi connectivity index (χ3v) is 2.22. The highest BCUT2D eigenvalue weighted by atomic mass is 32.1. The monoisotopic (exact) mass is 210 g/mol. The summed E-state index contributed by atoms with van der Waals surface area (Å²) in [6.45, 7) is 0. The summed E-state index contributed by atoms with van der Waals surface area (Å²) in [7, 11) is 0. The standard InChI is InChI=1S/C7H6N4O2S/c12-6(13)1-5-2-9-11(3-5)7-10-8-4-14-7/h2-4H,1H2,(H,12,13). The number of rotatable bonds is 3. The van der Waals surface area contributed by atoms with Crippen LogP contribution in [0.2, 0.25) is 0 Å². The number of aliphatic carboxylic acids is 1. The summed E-state index contributed by atoms with van der Waals surface area (Å²) >= 11 is 1.34. The van der Waals surface area contributed by atoms with Gasteiger partial charge in [-0.2, -0.15) is 5.10 Å². The van der Waals surface area contributed by atoms with Gasteiger partial charge in [0.25, 0.3) is 0 Å². The summed E-state index contributed by atoms with van der Waals surface area (Å²) in [5.74, 6) is -0.873. The molecule has 0 atom stereocenters. The van der Waals surface area contributed by atoms with Gasteiger partial charge in [0.05, 0.1) is 12.6 Å². The molecule has 2 aromatic heterocycles. The first kappa shape index (κ1) is 8.82. The molecule has 0 aromatic carbocycles. The summed E-state index contributed by atoms with van der Waals surface area (Å²) in [5.41, 5.74) is 2.24. The molecule has 0 amide bonds. The average Bonchev–Trinajstić information content (AvgIpc) is 2.69. The van der Waals surface area contributed by atoms with Gasteiger partial charge < -0.3 is 5.11 Å². The molecule has 0 aliphatic carbocycles. The van der Waals surface area contributed by atoms with Gasteiger partial charge in [-0.1, -0.05) is 11.3 Å². The summed E-state index contributed by atoms with van der Waals surface area (Å²) in [5, 5.41) is 20.6. The van der Waals surface area contributed by atoms with E-state index in [0.717, 1.165) is 0 Å². The lowest BCUT2D eigenvalue weighted by Gasteiger charge is -1.90. The maximum absolute atomic E-state index is 10.4. The smallest absolute Gasteiger partial charge is 0.307 e. The Morgan fingerprint density at radius 2 is 2.50 bits per heavy atom. The zero-order chi connectivity index (χ0) is 9.97. The third-order valence-electron chi connectivity index (χ3n) is 1.54. The van der Waals surface area contributed by atoms with Crippen LogP contribution in [0.25, 0.3) is 5.13 Å². The van der Waals surface area contributed by atoms with Crippen molar-refractivity contribution >= 4 is 17.3 Å². The van der Waals surface area contributed by atoms with E-state index in [1.54, 1.807) is 11.7 Å². The van der Waals surface area contributed by atoms with E-state index < -0.39 is 5.97 Å². The van der Waals surface area contributed by atoms with Crippen LogP contribution in [-0.4, -0.2) is 31.1 Å². The minimum absolute atomic E-state index is 0.0290. The fourth-order valence-electron chi connectivity index (χ4n) is 0.998. The van der Waals surface area contributed by atoms with E-state index in [-0.39, 0.29) is 6.42 Å².